The molecule has 1 heterocycles. The molecule has 2 aromatic carbocycles. The molecule has 0 spiro atoms. The van der Waals surface area contributed by atoms with Gasteiger partial charge in [0.15, 0.2) is 0 Å². The number of benzene rings is 2. The third-order valence-electron chi connectivity index (χ3n) is 3.22. The summed E-state index contributed by atoms with van der Waals surface area (Å²) in [6.07, 6.45) is 0. The van der Waals surface area contributed by atoms with Crippen LogP contribution in [0.3, 0.4) is 0 Å². The summed E-state index contributed by atoms with van der Waals surface area (Å²) in [6.45, 7) is 0.294. The summed E-state index contributed by atoms with van der Waals surface area (Å²) in [7, 11) is 0. The molecule has 0 radical (unpaired) electrons. The molecule has 0 fully saturated rings. The maximum absolute atomic E-state index is 11.7. The summed E-state index contributed by atoms with van der Waals surface area (Å²) in [5, 5.41) is 6.88. The van der Waals surface area contributed by atoms with Crippen LogP contribution in [0.2, 0.25) is 5.02 Å². The van der Waals surface area contributed by atoms with Crippen molar-refractivity contribution in [1.29, 1.82) is 0 Å². The van der Waals surface area contributed by atoms with Crippen molar-refractivity contribution in [3.8, 4) is 0 Å². The molecule has 1 atom stereocenters. The summed E-state index contributed by atoms with van der Waals surface area (Å²) >= 11 is 5.92. The minimum atomic E-state index is -0.0242. The Morgan fingerprint density at radius 3 is 2.58 bits per heavy atom. The van der Waals surface area contributed by atoms with Gasteiger partial charge in [-0.1, -0.05) is 41.9 Å². The zero-order chi connectivity index (χ0) is 13.2. The predicted octanol–water partition coefficient (Wildman–Crippen LogP) is 2.97. The van der Waals surface area contributed by atoms with Crippen LogP contribution >= 0.6 is 11.6 Å². The molecule has 96 valence electrons. The van der Waals surface area contributed by atoms with Crippen molar-refractivity contribution in [2.45, 2.75) is 6.04 Å². The second-order valence-corrected chi connectivity index (χ2v) is 4.94. The summed E-state index contributed by atoms with van der Waals surface area (Å²) < 4.78 is 0. The van der Waals surface area contributed by atoms with E-state index in [1.165, 1.54) is 0 Å². The van der Waals surface area contributed by atoms with Gasteiger partial charge >= 0.3 is 0 Å². The van der Waals surface area contributed by atoms with Gasteiger partial charge in [0, 0.05) is 10.7 Å². The van der Waals surface area contributed by atoms with E-state index in [2.05, 4.69) is 10.6 Å². The first-order valence-electron chi connectivity index (χ1n) is 6.11. The second-order valence-electron chi connectivity index (χ2n) is 4.50. The van der Waals surface area contributed by atoms with Crippen molar-refractivity contribution in [1.82, 2.24) is 5.32 Å². The van der Waals surface area contributed by atoms with E-state index >= 15 is 0 Å². The number of fused-ring (bicyclic) bond motifs is 1. The van der Waals surface area contributed by atoms with E-state index in [4.69, 9.17) is 11.6 Å². The minimum absolute atomic E-state index is 0.00702. The Morgan fingerprint density at radius 2 is 1.79 bits per heavy atom. The highest BCUT2D eigenvalue weighted by atomic mass is 35.5. The third kappa shape index (κ3) is 2.48. The number of hydrogen-bond donors (Lipinski definition) is 2. The number of nitrogens with one attached hydrogen (secondary N) is 2. The molecule has 0 unspecified atom stereocenters. The van der Waals surface area contributed by atoms with E-state index in [9.17, 15) is 4.79 Å². The molecule has 0 saturated carbocycles. The van der Waals surface area contributed by atoms with Crippen LogP contribution in [0.15, 0.2) is 48.5 Å². The molecular weight excluding hydrogens is 260 g/mol. The average Bonchev–Trinajstić information content (AvgIpc) is 2.58. The Hall–Kier alpha value is -1.84. The molecule has 1 amide bonds. The fourth-order valence-corrected chi connectivity index (χ4v) is 2.44. The van der Waals surface area contributed by atoms with Crippen LogP contribution in [-0.2, 0) is 4.79 Å². The normalized spacial score (nSPS) is 18.4. The van der Waals surface area contributed by atoms with Crippen molar-refractivity contribution in [3.63, 3.8) is 0 Å². The van der Waals surface area contributed by atoms with Crippen molar-refractivity contribution in [2.24, 2.45) is 0 Å². The molecular formula is C15H13ClN2O. The summed E-state index contributed by atoms with van der Waals surface area (Å²) in [4.78, 5) is 11.7. The van der Waals surface area contributed by atoms with E-state index in [1.54, 1.807) is 0 Å². The number of carbonyl (C=O) groups is 1. The molecule has 0 aliphatic carbocycles. The smallest absolute Gasteiger partial charge is 0.238 e. The lowest BCUT2D eigenvalue weighted by Gasteiger charge is -2.18. The Bertz CT molecular complexity index is 610. The molecule has 0 bridgehead atoms. The minimum Gasteiger partial charge on any atom is -0.325 e. The summed E-state index contributed by atoms with van der Waals surface area (Å²) in [5.74, 6) is -0.0242. The second kappa shape index (κ2) is 5.03. The fourth-order valence-electron chi connectivity index (χ4n) is 2.31. The van der Waals surface area contributed by atoms with Crippen LogP contribution in [0.25, 0.3) is 0 Å². The molecule has 0 saturated heterocycles. The lowest BCUT2D eigenvalue weighted by atomic mass is 9.97. The van der Waals surface area contributed by atoms with Crippen LogP contribution in [-0.4, -0.2) is 12.5 Å². The van der Waals surface area contributed by atoms with Gasteiger partial charge in [-0.3, -0.25) is 10.1 Å². The average molecular weight is 273 g/mol. The molecule has 0 aromatic heterocycles. The standard InChI is InChI=1S/C15H13ClN2O/c16-11-7-5-10(6-8-11)15-12-3-1-2-4-13(12)18-14(19)9-17-15/h1-8,15,17H,9H2,(H,18,19)/t15-/m1/s1. The molecule has 2 aromatic rings. The van der Waals surface area contributed by atoms with E-state index in [0.717, 1.165) is 16.8 Å². The Balaban J connectivity index is 2.06. The number of para-hydroxylation sites is 1. The van der Waals surface area contributed by atoms with Gasteiger partial charge in [0.2, 0.25) is 5.91 Å². The van der Waals surface area contributed by atoms with Gasteiger partial charge in [-0.2, -0.15) is 0 Å². The van der Waals surface area contributed by atoms with E-state index in [-0.39, 0.29) is 11.9 Å². The van der Waals surface area contributed by atoms with Crippen LogP contribution < -0.4 is 10.6 Å². The van der Waals surface area contributed by atoms with Crippen LogP contribution in [0.5, 0.6) is 0 Å². The maximum Gasteiger partial charge on any atom is 0.238 e. The third-order valence-corrected chi connectivity index (χ3v) is 3.47. The topological polar surface area (TPSA) is 41.1 Å². The first kappa shape index (κ1) is 12.2. The predicted molar refractivity (Wildman–Crippen MR) is 76.4 cm³/mol. The first-order valence-corrected chi connectivity index (χ1v) is 6.49. The van der Waals surface area contributed by atoms with Gasteiger partial charge in [0.25, 0.3) is 0 Å². The van der Waals surface area contributed by atoms with E-state index < -0.39 is 0 Å². The summed E-state index contributed by atoms with van der Waals surface area (Å²) in [6, 6.07) is 15.5. The number of rotatable bonds is 1. The quantitative estimate of drug-likeness (QED) is 0.838. The lowest BCUT2D eigenvalue weighted by Crippen LogP contribution is -2.27. The molecule has 2 N–H and O–H groups in total. The van der Waals surface area contributed by atoms with E-state index in [0.29, 0.717) is 11.6 Å². The summed E-state index contributed by atoms with van der Waals surface area (Å²) in [5.41, 5.74) is 3.02. The van der Waals surface area contributed by atoms with Gasteiger partial charge in [0.05, 0.1) is 12.6 Å². The largest absolute Gasteiger partial charge is 0.325 e. The molecule has 19 heavy (non-hydrogen) atoms. The molecule has 4 heteroatoms. The Morgan fingerprint density at radius 1 is 1.05 bits per heavy atom. The van der Waals surface area contributed by atoms with Crippen LogP contribution in [0.4, 0.5) is 5.69 Å². The fraction of sp³-hybridized carbons (Fsp3) is 0.133. The van der Waals surface area contributed by atoms with Gasteiger partial charge < -0.3 is 5.32 Å². The van der Waals surface area contributed by atoms with Crippen molar-refractivity contribution >= 4 is 23.2 Å². The number of hydrogen-bond acceptors (Lipinski definition) is 2. The van der Waals surface area contributed by atoms with Gasteiger partial charge in [-0.05, 0) is 29.3 Å². The van der Waals surface area contributed by atoms with Crippen molar-refractivity contribution in [2.75, 3.05) is 11.9 Å². The molecule has 3 rings (SSSR count). The Labute approximate surface area is 116 Å². The first-order chi connectivity index (χ1) is 9.24. The lowest BCUT2D eigenvalue weighted by molar-refractivity contribution is -0.115. The highest BCUT2D eigenvalue weighted by Crippen LogP contribution is 2.30. The van der Waals surface area contributed by atoms with Gasteiger partial charge in [-0.25, -0.2) is 0 Å². The monoisotopic (exact) mass is 272 g/mol. The zero-order valence-corrected chi connectivity index (χ0v) is 10.9. The molecule has 3 nitrogen and oxygen atoms in total. The number of carbonyl (C=O) groups excluding carboxylic acids is 1. The maximum atomic E-state index is 11.7. The number of anilines is 1. The van der Waals surface area contributed by atoms with Gasteiger partial charge in [-0.15, -0.1) is 0 Å². The van der Waals surface area contributed by atoms with Crippen molar-refractivity contribution in [3.05, 3.63) is 64.7 Å². The highest BCUT2D eigenvalue weighted by Gasteiger charge is 2.22. The van der Waals surface area contributed by atoms with E-state index in [1.807, 2.05) is 48.5 Å². The van der Waals surface area contributed by atoms with Crippen molar-refractivity contribution < 1.29 is 4.79 Å². The zero-order valence-electron chi connectivity index (χ0n) is 10.2. The van der Waals surface area contributed by atoms with Crippen LogP contribution in [0, 0.1) is 0 Å². The van der Waals surface area contributed by atoms with Gasteiger partial charge in [0.1, 0.15) is 0 Å². The number of amides is 1. The van der Waals surface area contributed by atoms with Crippen LogP contribution in [0.1, 0.15) is 17.2 Å². The highest BCUT2D eigenvalue weighted by molar-refractivity contribution is 6.30. The SMILES string of the molecule is O=C1CN[C@H](c2ccc(Cl)cc2)c2ccccc2N1. The Kier molecular flexibility index (Phi) is 3.23. The molecule has 1 aliphatic heterocycles. The number of halogens is 1. The molecule has 1 aliphatic rings.